The molecule has 2 heterocycles. The molecule has 0 aromatic carbocycles. The van der Waals surface area contributed by atoms with E-state index in [9.17, 15) is 0 Å². The Hall–Kier alpha value is -1.33. The maximum atomic E-state index is 5.96. The van der Waals surface area contributed by atoms with Crippen LogP contribution in [0, 0.1) is 6.92 Å². The number of aryl methyl sites for hydroxylation is 1. The predicted molar refractivity (Wildman–Crippen MR) is 72.6 cm³/mol. The summed E-state index contributed by atoms with van der Waals surface area (Å²) in [5.41, 5.74) is 7.24. The first kappa shape index (κ1) is 12.1. The van der Waals surface area contributed by atoms with Gasteiger partial charge < -0.3 is 10.6 Å². The fourth-order valence-corrected chi connectivity index (χ4v) is 2.50. The SMILES string of the molecule is Cc1nc(Cl)nc(N(C)Cc2cccs2)c1N. The molecule has 0 atom stereocenters. The summed E-state index contributed by atoms with van der Waals surface area (Å²) in [6.07, 6.45) is 0. The van der Waals surface area contributed by atoms with Crippen LogP contribution < -0.4 is 10.6 Å². The third-order valence-electron chi connectivity index (χ3n) is 2.42. The van der Waals surface area contributed by atoms with Crippen molar-refractivity contribution in [2.75, 3.05) is 17.7 Å². The summed E-state index contributed by atoms with van der Waals surface area (Å²) in [4.78, 5) is 11.4. The summed E-state index contributed by atoms with van der Waals surface area (Å²) >= 11 is 7.55. The van der Waals surface area contributed by atoms with Gasteiger partial charge in [-0.25, -0.2) is 4.98 Å². The van der Waals surface area contributed by atoms with Gasteiger partial charge in [-0.15, -0.1) is 11.3 Å². The summed E-state index contributed by atoms with van der Waals surface area (Å²) in [6, 6.07) is 4.10. The second-order valence-electron chi connectivity index (χ2n) is 3.75. The van der Waals surface area contributed by atoms with Crippen LogP contribution in [-0.2, 0) is 6.54 Å². The number of hydrogen-bond acceptors (Lipinski definition) is 5. The maximum Gasteiger partial charge on any atom is 0.224 e. The van der Waals surface area contributed by atoms with Crippen molar-refractivity contribution in [3.8, 4) is 0 Å². The molecule has 0 fully saturated rings. The van der Waals surface area contributed by atoms with Gasteiger partial charge >= 0.3 is 0 Å². The van der Waals surface area contributed by atoms with Crippen LogP contribution in [0.1, 0.15) is 10.6 Å². The molecular formula is C11H13ClN4S. The molecule has 2 rings (SSSR count). The molecule has 0 amide bonds. The number of aromatic nitrogens is 2. The van der Waals surface area contributed by atoms with Crippen molar-refractivity contribution >= 4 is 34.4 Å². The van der Waals surface area contributed by atoms with E-state index < -0.39 is 0 Å². The van der Waals surface area contributed by atoms with Gasteiger partial charge in [-0.05, 0) is 30.0 Å². The zero-order chi connectivity index (χ0) is 12.4. The molecule has 90 valence electrons. The monoisotopic (exact) mass is 268 g/mol. The number of halogens is 1. The molecule has 2 aromatic rings. The quantitative estimate of drug-likeness (QED) is 0.870. The summed E-state index contributed by atoms with van der Waals surface area (Å²) in [7, 11) is 1.94. The lowest BCUT2D eigenvalue weighted by Crippen LogP contribution is -2.19. The molecule has 0 aliphatic carbocycles. The molecule has 0 saturated carbocycles. The van der Waals surface area contributed by atoms with Crippen LogP contribution in [0.25, 0.3) is 0 Å². The van der Waals surface area contributed by atoms with E-state index in [1.54, 1.807) is 11.3 Å². The Bertz CT molecular complexity index is 512. The standard InChI is InChI=1S/C11H13ClN4S/c1-7-9(13)10(15-11(12)14-7)16(2)6-8-4-3-5-17-8/h3-5H,6,13H2,1-2H3. The van der Waals surface area contributed by atoms with Crippen LogP contribution in [0.5, 0.6) is 0 Å². The van der Waals surface area contributed by atoms with E-state index >= 15 is 0 Å². The van der Waals surface area contributed by atoms with Crippen LogP contribution in [0.2, 0.25) is 5.28 Å². The fraction of sp³-hybridized carbons (Fsp3) is 0.273. The Morgan fingerprint density at radius 3 is 2.88 bits per heavy atom. The predicted octanol–water partition coefficient (Wildman–Crippen LogP) is 2.72. The molecule has 0 bridgehead atoms. The summed E-state index contributed by atoms with van der Waals surface area (Å²) in [5.74, 6) is 0.677. The molecule has 6 heteroatoms. The highest BCUT2D eigenvalue weighted by molar-refractivity contribution is 7.09. The Balaban J connectivity index is 2.27. The summed E-state index contributed by atoms with van der Waals surface area (Å²) < 4.78 is 0. The Morgan fingerprint density at radius 1 is 1.47 bits per heavy atom. The van der Waals surface area contributed by atoms with Crippen molar-refractivity contribution in [1.82, 2.24) is 9.97 Å². The van der Waals surface area contributed by atoms with Crippen LogP contribution >= 0.6 is 22.9 Å². The highest BCUT2D eigenvalue weighted by atomic mass is 35.5. The van der Waals surface area contributed by atoms with Crippen LogP contribution in [0.4, 0.5) is 11.5 Å². The third-order valence-corrected chi connectivity index (χ3v) is 3.45. The third kappa shape index (κ3) is 2.68. The molecule has 0 saturated heterocycles. The van der Waals surface area contributed by atoms with Crippen LogP contribution in [-0.4, -0.2) is 17.0 Å². The average molecular weight is 269 g/mol. The smallest absolute Gasteiger partial charge is 0.224 e. The Kier molecular flexibility index (Phi) is 3.49. The molecule has 0 unspecified atom stereocenters. The summed E-state index contributed by atoms with van der Waals surface area (Å²) in [5, 5.41) is 2.27. The number of anilines is 2. The van der Waals surface area contributed by atoms with Crippen molar-refractivity contribution in [2.24, 2.45) is 0 Å². The number of nitrogens with two attached hydrogens (primary N) is 1. The van der Waals surface area contributed by atoms with E-state index in [0.29, 0.717) is 17.2 Å². The Labute approximate surface area is 109 Å². The highest BCUT2D eigenvalue weighted by Crippen LogP contribution is 2.25. The minimum Gasteiger partial charge on any atom is -0.394 e. The largest absolute Gasteiger partial charge is 0.394 e. The second-order valence-corrected chi connectivity index (χ2v) is 5.12. The van der Waals surface area contributed by atoms with Gasteiger partial charge in [-0.1, -0.05) is 6.07 Å². The molecule has 2 N–H and O–H groups in total. The fourth-order valence-electron chi connectivity index (χ4n) is 1.54. The average Bonchev–Trinajstić information content (AvgIpc) is 2.76. The first-order valence-corrected chi connectivity index (χ1v) is 6.37. The molecule has 0 aliphatic heterocycles. The minimum absolute atomic E-state index is 0.227. The second kappa shape index (κ2) is 4.89. The van der Waals surface area contributed by atoms with Gasteiger partial charge in [0.15, 0.2) is 5.82 Å². The minimum atomic E-state index is 0.227. The normalized spacial score (nSPS) is 10.5. The number of nitrogens with zero attached hydrogens (tertiary/aromatic N) is 3. The lowest BCUT2D eigenvalue weighted by atomic mass is 10.3. The van der Waals surface area contributed by atoms with Gasteiger partial charge in [0.25, 0.3) is 0 Å². The van der Waals surface area contributed by atoms with Crippen molar-refractivity contribution < 1.29 is 0 Å². The van der Waals surface area contributed by atoms with E-state index in [-0.39, 0.29) is 5.28 Å². The Morgan fingerprint density at radius 2 is 2.24 bits per heavy atom. The number of rotatable bonds is 3. The summed E-state index contributed by atoms with van der Waals surface area (Å²) in [6.45, 7) is 2.58. The first-order valence-electron chi connectivity index (χ1n) is 5.11. The van der Waals surface area contributed by atoms with E-state index in [4.69, 9.17) is 17.3 Å². The van der Waals surface area contributed by atoms with Gasteiger partial charge in [-0.3, -0.25) is 0 Å². The van der Waals surface area contributed by atoms with E-state index in [2.05, 4.69) is 16.0 Å². The van der Waals surface area contributed by atoms with Gasteiger partial charge in [0.2, 0.25) is 5.28 Å². The van der Waals surface area contributed by atoms with Gasteiger partial charge in [0.05, 0.1) is 17.9 Å². The molecule has 0 spiro atoms. The molecule has 0 aliphatic rings. The van der Waals surface area contributed by atoms with Gasteiger partial charge in [0, 0.05) is 11.9 Å². The first-order chi connectivity index (χ1) is 8.08. The highest BCUT2D eigenvalue weighted by Gasteiger charge is 2.12. The number of thiophene rings is 1. The van der Waals surface area contributed by atoms with E-state index in [1.807, 2.05) is 30.3 Å². The van der Waals surface area contributed by atoms with Gasteiger partial charge in [0.1, 0.15) is 0 Å². The van der Waals surface area contributed by atoms with Crippen molar-refractivity contribution in [3.63, 3.8) is 0 Å². The zero-order valence-electron chi connectivity index (χ0n) is 9.64. The topological polar surface area (TPSA) is 55.0 Å². The van der Waals surface area contributed by atoms with Gasteiger partial charge in [-0.2, -0.15) is 4.98 Å². The number of hydrogen-bond donors (Lipinski definition) is 1. The van der Waals surface area contributed by atoms with Crippen molar-refractivity contribution in [2.45, 2.75) is 13.5 Å². The maximum absolute atomic E-state index is 5.96. The van der Waals surface area contributed by atoms with Crippen LogP contribution in [0.15, 0.2) is 17.5 Å². The molecule has 2 aromatic heterocycles. The molecule has 17 heavy (non-hydrogen) atoms. The zero-order valence-corrected chi connectivity index (χ0v) is 11.2. The van der Waals surface area contributed by atoms with E-state index in [0.717, 1.165) is 6.54 Å². The number of nitrogen functional groups attached to an aromatic ring is 1. The van der Waals surface area contributed by atoms with Crippen molar-refractivity contribution in [1.29, 1.82) is 0 Å². The lowest BCUT2D eigenvalue weighted by Gasteiger charge is -2.19. The van der Waals surface area contributed by atoms with Crippen LogP contribution in [0.3, 0.4) is 0 Å². The molecule has 4 nitrogen and oxygen atoms in total. The van der Waals surface area contributed by atoms with Crippen molar-refractivity contribution in [3.05, 3.63) is 33.4 Å². The molecule has 0 radical (unpaired) electrons. The lowest BCUT2D eigenvalue weighted by molar-refractivity contribution is 0.902. The van der Waals surface area contributed by atoms with E-state index in [1.165, 1.54) is 4.88 Å². The molecular weight excluding hydrogens is 256 g/mol.